The van der Waals surface area contributed by atoms with E-state index < -0.39 is 0 Å². The number of pyridine rings is 1. The van der Waals surface area contributed by atoms with Crippen molar-refractivity contribution in [1.29, 1.82) is 0 Å². The van der Waals surface area contributed by atoms with E-state index in [1.54, 1.807) is 0 Å². The summed E-state index contributed by atoms with van der Waals surface area (Å²) in [5.41, 5.74) is 1.28. The molecule has 1 fully saturated rings. The lowest BCUT2D eigenvalue weighted by Gasteiger charge is -2.39. The van der Waals surface area contributed by atoms with Crippen LogP contribution in [0.25, 0.3) is 0 Å². The smallest absolute Gasteiger partial charge is 0.222 e. The van der Waals surface area contributed by atoms with Crippen LogP contribution < -0.4 is 5.32 Å². The molecule has 1 amide bonds. The Labute approximate surface area is 102 Å². The van der Waals surface area contributed by atoms with Crippen LogP contribution in [0.5, 0.6) is 0 Å². The Kier molecular flexibility index (Phi) is 3.61. The van der Waals surface area contributed by atoms with Gasteiger partial charge in [0.25, 0.3) is 0 Å². The number of hydrogen-bond donors (Lipinski definition) is 1. The summed E-state index contributed by atoms with van der Waals surface area (Å²) in [5, 5.41) is 3.36. The van der Waals surface area contributed by atoms with Crippen molar-refractivity contribution in [2.75, 3.05) is 18.4 Å². The summed E-state index contributed by atoms with van der Waals surface area (Å²) >= 11 is 0. The molecule has 1 aliphatic rings. The van der Waals surface area contributed by atoms with Crippen LogP contribution >= 0.6 is 0 Å². The Morgan fingerprint density at radius 2 is 2.29 bits per heavy atom. The molecule has 1 aliphatic heterocycles. The molecule has 0 aliphatic carbocycles. The van der Waals surface area contributed by atoms with E-state index in [1.165, 1.54) is 5.56 Å². The fourth-order valence-corrected chi connectivity index (χ4v) is 1.98. The second kappa shape index (κ2) is 5.17. The average Bonchev–Trinajstić information content (AvgIpc) is 2.32. The second-order valence-electron chi connectivity index (χ2n) is 4.40. The number of anilines is 1. The molecule has 92 valence electrons. The molecule has 0 atom stereocenters. The Morgan fingerprint density at radius 3 is 2.94 bits per heavy atom. The van der Waals surface area contributed by atoms with Gasteiger partial charge in [0.15, 0.2) is 0 Å². The van der Waals surface area contributed by atoms with Crippen LogP contribution in [-0.4, -0.2) is 34.9 Å². The van der Waals surface area contributed by atoms with Crippen LogP contribution in [0.4, 0.5) is 5.82 Å². The lowest BCUT2D eigenvalue weighted by molar-refractivity contribution is -0.134. The third-order valence-corrected chi connectivity index (χ3v) is 3.12. The number of nitrogens with one attached hydrogen (secondary N) is 1. The Hall–Kier alpha value is -1.58. The zero-order valence-electron chi connectivity index (χ0n) is 10.4. The molecule has 4 nitrogen and oxygen atoms in total. The highest BCUT2D eigenvalue weighted by atomic mass is 16.2. The van der Waals surface area contributed by atoms with Crippen LogP contribution in [0.15, 0.2) is 18.3 Å². The number of nitrogens with zero attached hydrogens (tertiary/aromatic N) is 2. The molecule has 4 heteroatoms. The van der Waals surface area contributed by atoms with Crippen molar-refractivity contribution in [1.82, 2.24) is 9.88 Å². The molecular formula is C13H19N3O. The van der Waals surface area contributed by atoms with Crippen molar-refractivity contribution in [3.63, 3.8) is 0 Å². The second-order valence-corrected chi connectivity index (χ2v) is 4.40. The molecule has 1 N–H and O–H groups in total. The maximum atomic E-state index is 11.4. The molecule has 0 unspecified atom stereocenters. The zero-order valence-corrected chi connectivity index (χ0v) is 10.4. The minimum Gasteiger partial charge on any atom is -0.364 e. The number of aryl methyl sites for hydroxylation is 1. The van der Waals surface area contributed by atoms with Crippen LogP contribution in [0.3, 0.4) is 0 Å². The van der Waals surface area contributed by atoms with E-state index in [-0.39, 0.29) is 5.91 Å². The quantitative estimate of drug-likeness (QED) is 0.860. The van der Waals surface area contributed by atoms with E-state index in [2.05, 4.69) is 23.3 Å². The molecule has 17 heavy (non-hydrogen) atoms. The first kappa shape index (κ1) is 11.9. The largest absolute Gasteiger partial charge is 0.364 e. The lowest BCUT2D eigenvalue weighted by atomic mass is 10.1. The van der Waals surface area contributed by atoms with Gasteiger partial charge in [-0.15, -0.1) is 0 Å². The fraction of sp³-hybridized carbons (Fsp3) is 0.538. The summed E-state index contributed by atoms with van der Waals surface area (Å²) in [5.74, 6) is 1.15. The van der Waals surface area contributed by atoms with E-state index in [0.717, 1.165) is 25.3 Å². The predicted octanol–water partition coefficient (Wildman–Crippen LogP) is 1.68. The topological polar surface area (TPSA) is 45.2 Å². The summed E-state index contributed by atoms with van der Waals surface area (Å²) < 4.78 is 0. The van der Waals surface area contributed by atoms with E-state index >= 15 is 0 Å². The minimum absolute atomic E-state index is 0.235. The molecule has 0 spiro atoms. The van der Waals surface area contributed by atoms with Crippen molar-refractivity contribution in [3.05, 3.63) is 23.9 Å². The van der Waals surface area contributed by atoms with Gasteiger partial charge in [-0.2, -0.15) is 0 Å². The SMILES string of the molecule is CCC(=O)N1CC(Nc2cc(CC)ccn2)C1. The van der Waals surface area contributed by atoms with Gasteiger partial charge in [0, 0.05) is 25.7 Å². The van der Waals surface area contributed by atoms with Crippen molar-refractivity contribution >= 4 is 11.7 Å². The number of hydrogen-bond acceptors (Lipinski definition) is 3. The third kappa shape index (κ3) is 2.75. The maximum Gasteiger partial charge on any atom is 0.222 e. The standard InChI is InChI=1S/C13H19N3O/c1-3-10-5-6-14-12(7-10)15-11-8-16(9-11)13(17)4-2/h5-7,11H,3-4,8-9H2,1-2H3,(H,14,15). The van der Waals surface area contributed by atoms with E-state index in [4.69, 9.17) is 0 Å². The first-order chi connectivity index (χ1) is 8.22. The van der Waals surface area contributed by atoms with Crippen molar-refractivity contribution < 1.29 is 4.79 Å². The monoisotopic (exact) mass is 233 g/mol. The lowest BCUT2D eigenvalue weighted by Crippen LogP contribution is -2.56. The molecule has 0 bridgehead atoms. The van der Waals surface area contributed by atoms with Crippen LogP contribution in [-0.2, 0) is 11.2 Å². The number of carbonyl (C=O) groups is 1. The first-order valence-corrected chi connectivity index (χ1v) is 6.22. The van der Waals surface area contributed by atoms with Gasteiger partial charge in [-0.1, -0.05) is 13.8 Å². The molecule has 0 radical (unpaired) electrons. The van der Waals surface area contributed by atoms with E-state index in [1.807, 2.05) is 24.1 Å². The zero-order chi connectivity index (χ0) is 12.3. The van der Waals surface area contributed by atoms with E-state index in [0.29, 0.717) is 12.5 Å². The minimum atomic E-state index is 0.235. The summed E-state index contributed by atoms with van der Waals surface area (Å²) in [6.07, 6.45) is 3.44. The third-order valence-electron chi connectivity index (χ3n) is 3.12. The van der Waals surface area contributed by atoms with Crippen molar-refractivity contribution in [3.8, 4) is 0 Å². The molecule has 1 aromatic rings. The highest BCUT2D eigenvalue weighted by Crippen LogP contribution is 2.15. The van der Waals surface area contributed by atoms with Crippen LogP contribution in [0.1, 0.15) is 25.8 Å². The van der Waals surface area contributed by atoms with Gasteiger partial charge < -0.3 is 10.2 Å². The van der Waals surface area contributed by atoms with E-state index in [9.17, 15) is 4.79 Å². The molecule has 0 saturated carbocycles. The summed E-state index contributed by atoms with van der Waals surface area (Å²) in [4.78, 5) is 17.5. The van der Waals surface area contributed by atoms with Crippen molar-refractivity contribution in [2.45, 2.75) is 32.7 Å². The van der Waals surface area contributed by atoms with Gasteiger partial charge in [-0.3, -0.25) is 4.79 Å². The average molecular weight is 233 g/mol. The summed E-state index contributed by atoms with van der Waals surface area (Å²) in [6, 6.07) is 4.45. The number of aromatic nitrogens is 1. The fourth-order valence-electron chi connectivity index (χ4n) is 1.98. The Balaban J connectivity index is 1.85. The molecule has 1 saturated heterocycles. The maximum absolute atomic E-state index is 11.4. The molecule has 1 aromatic heterocycles. The van der Waals surface area contributed by atoms with Gasteiger partial charge in [0.05, 0.1) is 6.04 Å². The van der Waals surface area contributed by atoms with Gasteiger partial charge in [-0.25, -0.2) is 4.98 Å². The highest BCUT2D eigenvalue weighted by molar-refractivity contribution is 5.77. The summed E-state index contributed by atoms with van der Waals surface area (Å²) in [6.45, 7) is 5.62. The molecule has 2 rings (SSSR count). The van der Waals surface area contributed by atoms with Gasteiger partial charge in [0.1, 0.15) is 5.82 Å². The van der Waals surface area contributed by atoms with Gasteiger partial charge in [0.2, 0.25) is 5.91 Å². The molecule has 2 heterocycles. The predicted molar refractivity (Wildman–Crippen MR) is 67.9 cm³/mol. The molecule has 0 aromatic carbocycles. The number of amides is 1. The number of rotatable bonds is 4. The Bertz CT molecular complexity index is 399. The number of carbonyl (C=O) groups excluding carboxylic acids is 1. The van der Waals surface area contributed by atoms with Crippen LogP contribution in [0, 0.1) is 0 Å². The van der Waals surface area contributed by atoms with Gasteiger partial charge in [-0.05, 0) is 24.1 Å². The highest BCUT2D eigenvalue weighted by Gasteiger charge is 2.29. The van der Waals surface area contributed by atoms with Crippen molar-refractivity contribution in [2.24, 2.45) is 0 Å². The Morgan fingerprint density at radius 1 is 1.53 bits per heavy atom. The molecular weight excluding hydrogens is 214 g/mol. The number of likely N-dealkylation sites (tertiary alicyclic amines) is 1. The first-order valence-electron chi connectivity index (χ1n) is 6.22. The van der Waals surface area contributed by atoms with Gasteiger partial charge >= 0.3 is 0 Å². The summed E-state index contributed by atoms with van der Waals surface area (Å²) in [7, 11) is 0. The normalized spacial score (nSPS) is 15.5. The van der Waals surface area contributed by atoms with Crippen LogP contribution in [0.2, 0.25) is 0 Å².